The van der Waals surface area contributed by atoms with Gasteiger partial charge in [0, 0.05) is 33.4 Å². The highest BCUT2D eigenvalue weighted by molar-refractivity contribution is 4.66. The zero-order valence-corrected chi connectivity index (χ0v) is 9.58. The fourth-order valence-corrected chi connectivity index (χ4v) is 1.30. The molecule has 2 unspecified atom stereocenters. The lowest BCUT2D eigenvalue weighted by molar-refractivity contribution is 0.0288. The number of nitrogens with two attached hydrogens (primary N) is 1. The molecule has 4 nitrogen and oxygen atoms in total. The van der Waals surface area contributed by atoms with Gasteiger partial charge in [0.15, 0.2) is 0 Å². The van der Waals surface area contributed by atoms with Gasteiger partial charge in [0.05, 0.1) is 12.7 Å². The van der Waals surface area contributed by atoms with E-state index in [4.69, 9.17) is 15.2 Å². The maximum atomic E-state index is 5.85. The first kappa shape index (κ1) is 13.8. The van der Waals surface area contributed by atoms with Crippen LogP contribution in [0.25, 0.3) is 0 Å². The van der Waals surface area contributed by atoms with Gasteiger partial charge in [0.2, 0.25) is 0 Å². The second-order valence-electron chi connectivity index (χ2n) is 3.52. The molecule has 0 bridgehead atoms. The van der Waals surface area contributed by atoms with Gasteiger partial charge in [-0.05, 0) is 6.42 Å². The lowest BCUT2D eigenvalue weighted by Crippen LogP contribution is -2.39. The summed E-state index contributed by atoms with van der Waals surface area (Å²) < 4.78 is 10.2. The fourth-order valence-electron chi connectivity index (χ4n) is 1.30. The van der Waals surface area contributed by atoms with E-state index in [-0.39, 0.29) is 12.1 Å². The Morgan fingerprint density at radius 3 is 2.50 bits per heavy atom. The van der Waals surface area contributed by atoms with Crippen molar-refractivity contribution in [2.75, 3.05) is 33.9 Å². The van der Waals surface area contributed by atoms with Crippen molar-refractivity contribution in [1.29, 1.82) is 0 Å². The molecule has 0 amide bonds. The molecule has 0 aliphatic rings. The average Bonchev–Trinajstić information content (AvgIpc) is 2.17. The molecule has 0 heterocycles. The predicted molar refractivity (Wildman–Crippen MR) is 58.4 cm³/mol. The molecule has 0 saturated carbocycles. The molecule has 0 aromatic rings. The van der Waals surface area contributed by atoms with Gasteiger partial charge in [0.1, 0.15) is 0 Å². The van der Waals surface area contributed by atoms with E-state index in [0.29, 0.717) is 6.61 Å². The molecule has 0 aliphatic carbocycles. The molecule has 0 saturated heterocycles. The van der Waals surface area contributed by atoms with Gasteiger partial charge in [-0.25, -0.2) is 0 Å². The summed E-state index contributed by atoms with van der Waals surface area (Å²) in [6.45, 7) is 4.40. The van der Waals surface area contributed by atoms with Crippen LogP contribution in [0.2, 0.25) is 0 Å². The zero-order chi connectivity index (χ0) is 10.8. The summed E-state index contributed by atoms with van der Waals surface area (Å²) in [7, 11) is 3.37. The number of ether oxygens (including phenoxy) is 2. The van der Waals surface area contributed by atoms with Crippen LogP contribution in [0.5, 0.6) is 0 Å². The standard InChI is InChI=1S/C10H24N2O2/c1-4-5-9(11)6-12-7-10(14-3)8-13-2/h9-10,12H,4-8,11H2,1-3H3. The monoisotopic (exact) mass is 204 g/mol. The Balaban J connectivity index is 3.40. The molecule has 86 valence electrons. The molecule has 0 aromatic carbocycles. The molecule has 0 rings (SSSR count). The van der Waals surface area contributed by atoms with Crippen molar-refractivity contribution >= 4 is 0 Å². The summed E-state index contributed by atoms with van der Waals surface area (Å²) in [5.41, 5.74) is 5.85. The third-order valence-corrected chi connectivity index (χ3v) is 2.12. The van der Waals surface area contributed by atoms with Crippen LogP contribution in [0.3, 0.4) is 0 Å². The largest absolute Gasteiger partial charge is 0.382 e. The summed E-state index contributed by atoms with van der Waals surface area (Å²) in [4.78, 5) is 0. The molecule has 0 aromatic heterocycles. The van der Waals surface area contributed by atoms with Gasteiger partial charge in [-0.2, -0.15) is 0 Å². The van der Waals surface area contributed by atoms with Crippen LogP contribution in [0.4, 0.5) is 0 Å². The van der Waals surface area contributed by atoms with Crippen molar-refractivity contribution in [2.24, 2.45) is 5.73 Å². The van der Waals surface area contributed by atoms with Gasteiger partial charge in [-0.3, -0.25) is 0 Å². The number of hydrogen-bond acceptors (Lipinski definition) is 4. The SMILES string of the molecule is CCCC(N)CNCC(COC)OC. The molecular weight excluding hydrogens is 180 g/mol. The third kappa shape index (κ3) is 7.26. The predicted octanol–water partition coefficient (Wildman–Crippen LogP) is 0.365. The van der Waals surface area contributed by atoms with Crippen LogP contribution in [-0.4, -0.2) is 46.1 Å². The van der Waals surface area contributed by atoms with Crippen molar-refractivity contribution in [3.05, 3.63) is 0 Å². The van der Waals surface area contributed by atoms with Crippen molar-refractivity contribution in [1.82, 2.24) is 5.32 Å². The minimum Gasteiger partial charge on any atom is -0.382 e. The summed E-state index contributed by atoms with van der Waals surface area (Å²) in [6, 6.07) is 0.250. The third-order valence-electron chi connectivity index (χ3n) is 2.12. The Bertz CT molecular complexity index is 123. The summed E-state index contributed by atoms with van der Waals surface area (Å²) in [5.74, 6) is 0. The summed E-state index contributed by atoms with van der Waals surface area (Å²) >= 11 is 0. The molecular formula is C10H24N2O2. The molecule has 0 aliphatic heterocycles. The minimum atomic E-state index is 0.119. The van der Waals surface area contributed by atoms with Crippen LogP contribution in [0.1, 0.15) is 19.8 Å². The Labute approximate surface area is 87.1 Å². The van der Waals surface area contributed by atoms with Gasteiger partial charge < -0.3 is 20.5 Å². The second-order valence-corrected chi connectivity index (χ2v) is 3.52. The van der Waals surface area contributed by atoms with Crippen LogP contribution >= 0.6 is 0 Å². The summed E-state index contributed by atoms with van der Waals surface area (Å²) in [5, 5.41) is 3.28. The molecule has 3 N–H and O–H groups in total. The van der Waals surface area contributed by atoms with Crippen LogP contribution in [-0.2, 0) is 9.47 Å². The van der Waals surface area contributed by atoms with Crippen LogP contribution < -0.4 is 11.1 Å². The highest BCUT2D eigenvalue weighted by Crippen LogP contribution is 1.92. The molecule has 0 spiro atoms. The Morgan fingerprint density at radius 2 is 2.00 bits per heavy atom. The van der Waals surface area contributed by atoms with Crippen molar-refractivity contribution in [3.63, 3.8) is 0 Å². The molecule has 4 heteroatoms. The molecule has 0 fully saturated rings. The molecule has 2 atom stereocenters. The first-order chi connectivity index (χ1) is 6.74. The van der Waals surface area contributed by atoms with Crippen molar-refractivity contribution in [3.8, 4) is 0 Å². The van der Waals surface area contributed by atoms with E-state index in [1.54, 1.807) is 14.2 Å². The first-order valence-electron chi connectivity index (χ1n) is 5.22. The number of rotatable bonds is 9. The highest BCUT2D eigenvalue weighted by Gasteiger charge is 2.07. The highest BCUT2D eigenvalue weighted by atomic mass is 16.5. The van der Waals surface area contributed by atoms with Gasteiger partial charge >= 0.3 is 0 Å². The lowest BCUT2D eigenvalue weighted by atomic mass is 10.2. The normalized spacial score (nSPS) is 15.4. The smallest absolute Gasteiger partial charge is 0.0928 e. The number of hydrogen-bond donors (Lipinski definition) is 2. The van der Waals surface area contributed by atoms with E-state index < -0.39 is 0 Å². The van der Waals surface area contributed by atoms with Crippen molar-refractivity contribution in [2.45, 2.75) is 31.9 Å². The van der Waals surface area contributed by atoms with Crippen LogP contribution in [0.15, 0.2) is 0 Å². The topological polar surface area (TPSA) is 56.5 Å². The van der Waals surface area contributed by atoms with E-state index in [0.717, 1.165) is 25.9 Å². The van der Waals surface area contributed by atoms with Gasteiger partial charge in [-0.15, -0.1) is 0 Å². The molecule has 14 heavy (non-hydrogen) atoms. The maximum Gasteiger partial charge on any atom is 0.0928 e. The molecule has 0 radical (unpaired) electrons. The maximum absolute atomic E-state index is 5.85. The quantitative estimate of drug-likeness (QED) is 0.569. The second kappa shape index (κ2) is 9.40. The summed E-state index contributed by atoms with van der Waals surface area (Å²) in [6.07, 6.45) is 2.32. The van der Waals surface area contributed by atoms with E-state index >= 15 is 0 Å². The Kier molecular flexibility index (Phi) is 9.29. The average molecular weight is 204 g/mol. The zero-order valence-electron chi connectivity index (χ0n) is 9.58. The first-order valence-corrected chi connectivity index (χ1v) is 5.22. The van der Waals surface area contributed by atoms with Crippen molar-refractivity contribution < 1.29 is 9.47 Å². The van der Waals surface area contributed by atoms with Gasteiger partial charge in [0.25, 0.3) is 0 Å². The Morgan fingerprint density at radius 1 is 1.29 bits per heavy atom. The van der Waals surface area contributed by atoms with Gasteiger partial charge in [-0.1, -0.05) is 13.3 Å². The van der Waals surface area contributed by atoms with Crippen LogP contribution in [0, 0.1) is 0 Å². The fraction of sp³-hybridized carbons (Fsp3) is 1.00. The van der Waals surface area contributed by atoms with E-state index in [1.807, 2.05) is 0 Å². The van der Waals surface area contributed by atoms with E-state index in [2.05, 4.69) is 12.2 Å². The Hall–Kier alpha value is -0.160. The number of methoxy groups -OCH3 is 2. The number of nitrogens with one attached hydrogen (secondary N) is 1. The van der Waals surface area contributed by atoms with E-state index in [9.17, 15) is 0 Å². The minimum absolute atomic E-state index is 0.119. The lowest BCUT2D eigenvalue weighted by Gasteiger charge is -2.17. The van der Waals surface area contributed by atoms with E-state index in [1.165, 1.54) is 0 Å².